The van der Waals surface area contributed by atoms with E-state index in [0.29, 0.717) is 0 Å². The molecule has 0 bridgehead atoms. The van der Waals surface area contributed by atoms with Crippen LogP contribution in [-0.2, 0) is 10.8 Å². The molecule has 3 heteroatoms. The molecule has 0 atom stereocenters. The highest BCUT2D eigenvalue weighted by atomic mass is 16.5. The molecular weight excluding hydrogens is 935 g/mol. The number of nitrogens with zero attached hydrogens (tertiary/aromatic N) is 1. The van der Waals surface area contributed by atoms with Crippen molar-refractivity contribution in [2.75, 3.05) is 4.90 Å². The fraction of sp³-hybridized carbons (Fsp3) is 0.0270. The Labute approximate surface area is 448 Å². The van der Waals surface area contributed by atoms with Gasteiger partial charge < -0.3 is 14.4 Å². The third-order valence-electron chi connectivity index (χ3n) is 16.8. The fourth-order valence-corrected chi connectivity index (χ4v) is 13.8. The van der Waals surface area contributed by atoms with E-state index in [1.165, 1.54) is 50.1 Å². The minimum atomic E-state index is -0.547. The lowest BCUT2D eigenvalue weighted by molar-refractivity contribution is 0.436. The van der Waals surface area contributed by atoms with Gasteiger partial charge in [0.15, 0.2) is 0 Å². The summed E-state index contributed by atoms with van der Waals surface area (Å²) in [6.45, 7) is 0. The molecule has 2 aliphatic heterocycles. The molecule has 2 aliphatic carbocycles. The van der Waals surface area contributed by atoms with Crippen molar-refractivity contribution in [3.05, 3.63) is 330 Å². The minimum absolute atomic E-state index is 0.543. The summed E-state index contributed by atoms with van der Waals surface area (Å²) in [5.41, 5.74) is 23.7. The largest absolute Gasteiger partial charge is 0.457 e. The zero-order chi connectivity index (χ0) is 50.7. The normalized spacial score (nSPS) is 13.9. The molecule has 3 nitrogen and oxygen atoms in total. The third kappa shape index (κ3) is 6.08. The molecule has 0 aromatic heterocycles. The van der Waals surface area contributed by atoms with E-state index in [2.05, 4.69) is 290 Å². The first-order valence-corrected chi connectivity index (χ1v) is 26.6. The zero-order valence-electron chi connectivity index (χ0n) is 41.9. The third-order valence-corrected chi connectivity index (χ3v) is 16.8. The van der Waals surface area contributed by atoms with Crippen LogP contribution in [0.1, 0.15) is 44.5 Å². The summed E-state index contributed by atoms with van der Waals surface area (Å²) in [6, 6.07) is 104. The fourth-order valence-electron chi connectivity index (χ4n) is 13.8. The molecule has 12 aromatic carbocycles. The molecular formula is C74H47NO2. The zero-order valence-corrected chi connectivity index (χ0v) is 41.9. The predicted octanol–water partition coefficient (Wildman–Crippen LogP) is 19.1. The SMILES string of the molecule is c1ccc(-c2ccccc2N(c2ccc(-c3cccc4c3-c3ccccc3C43c4ccccc4Oc4ccccc43)cc2)c2ccccc2-c2ccc3c(c2)-c2ccccc2C32c3ccccc3Oc3ccccc32)cc1. The Morgan fingerprint density at radius 2 is 0.610 bits per heavy atom. The van der Waals surface area contributed by atoms with E-state index in [4.69, 9.17) is 9.47 Å². The summed E-state index contributed by atoms with van der Waals surface area (Å²) in [4.78, 5) is 2.46. The quantitative estimate of drug-likeness (QED) is 0.166. The lowest BCUT2D eigenvalue weighted by Crippen LogP contribution is -2.32. The molecule has 12 aromatic rings. The molecule has 0 N–H and O–H groups in total. The molecule has 0 saturated carbocycles. The van der Waals surface area contributed by atoms with Gasteiger partial charge in [0.05, 0.1) is 22.2 Å². The van der Waals surface area contributed by atoms with Crippen LogP contribution in [0.25, 0.3) is 55.6 Å². The van der Waals surface area contributed by atoms with Gasteiger partial charge in [0.2, 0.25) is 0 Å². The highest BCUT2D eigenvalue weighted by Gasteiger charge is 2.53. The second-order valence-electron chi connectivity index (χ2n) is 20.6. The van der Waals surface area contributed by atoms with Crippen LogP contribution in [-0.4, -0.2) is 0 Å². The number of ether oxygens (including phenoxy) is 2. The predicted molar refractivity (Wildman–Crippen MR) is 312 cm³/mol. The number of hydrogen-bond acceptors (Lipinski definition) is 3. The average molecular weight is 982 g/mol. The summed E-state index contributed by atoms with van der Waals surface area (Å²) < 4.78 is 13.3. The Hall–Kier alpha value is -9.96. The van der Waals surface area contributed by atoms with E-state index < -0.39 is 10.8 Å². The van der Waals surface area contributed by atoms with Crippen LogP contribution in [0.5, 0.6) is 23.0 Å². The van der Waals surface area contributed by atoms with E-state index in [-0.39, 0.29) is 0 Å². The first-order chi connectivity index (χ1) is 38.2. The van der Waals surface area contributed by atoms with Crippen molar-refractivity contribution in [3.8, 4) is 78.6 Å². The lowest BCUT2D eigenvalue weighted by Gasteiger charge is -2.39. The number of rotatable bonds is 6. The maximum atomic E-state index is 6.66. The van der Waals surface area contributed by atoms with Gasteiger partial charge in [0.25, 0.3) is 0 Å². The van der Waals surface area contributed by atoms with Crippen LogP contribution < -0.4 is 14.4 Å². The highest BCUT2D eigenvalue weighted by Crippen LogP contribution is 2.65. The molecule has 0 fully saturated rings. The molecule has 360 valence electrons. The second kappa shape index (κ2) is 16.8. The first kappa shape index (κ1) is 43.4. The van der Waals surface area contributed by atoms with Crippen LogP contribution in [0.2, 0.25) is 0 Å². The lowest BCUT2D eigenvalue weighted by atomic mass is 9.66. The van der Waals surface area contributed by atoms with Crippen molar-refractivity contribution in [1.29, 1.82) is 0 Å². The molecule has 0 saturated heterocycles. The summed E-state index contributed by atoms with van der Waals surface area (Å²) in [6.07, 6.45) is 0. The Kier molecular flexibility index (Phi) is 9.47. The standard InChI is InChI=1S/C74H47NO2/c1-2-21-48(22-3-1)52-23-6-14-35-66(52)75(51-44-41-49(42-45-51)54-27-20-34-65-72(54)56-26-5-9-29-59(56)74(65)63-32-12-18-39-70(63)77-71-40-19-13-33-64(71)74)67-36-15-7-24-53(67)50-43-46-60-57(47-50)55-25-4-8-28-58(55)73(60)61-30-10-16-37-68(61)76-69-38-17-11-31-62(69)73/h1-47H. The first-order valence-electron chi connectivity index (χ1n) is 26.6. The number of hydrogen-bond donors (Lipinski definition) is 0. The van der Waals surface area contributed by atoms with Crippen molar-refractivity contribution in [2.24, 2.45) is 0 Å². The van der Waals surface area contributed by atoms with E-state index in [1.807, 2.05) is 0 Å². The number of benzene rings is 12. The molecule has 16 rings (SSSR count). The Morgan fingerprint density at radius 3 is 1.18 bits per heavy atom. The molecule has 77 heavy (non-hydrogen) atoms. The van der Waals surface area contributed by atoms with Crippen molar-refractivity contribution in [1.82, 2.24) is 0 Å². The Morgan fingerprint density at radius 1 is 0.234 bits per heavy atom. The summed E-state index contributed by atoms with van der Waals surface area (Å²) in [5, 5.41) is 0. The smallest absolute Gasteiger partial charge is 0.132 e. The van der Waals surface area contributed by atoms with Crippen LogP contribution >= 0.6 is 0 Å². The highest BCUT2D eigenvalue weighted by molar-refractivity contribution is 5.99. The number of anilines is 3. The van der Waals surface area contributed by atoms with Crippen molar-refractivity contribution in [2.45, 2.75) is 10.8 Å². The topological polar surface area (TPSA) is 21.7 Å². The van der Waals surface area contributed by atoms with Crippen molar-refractivity contribution >= 4 is 17.1 Å². The van der Waals surface area contributed by atoms with E-state index in [0.717, 1.165) is 90.1 Å². The van der Waals surface area contributed by atoms with Crippen LogP contribution in [0.3, 0.4) is 0 Å². The molecule has 0 amide bonds. The van der Waals surface area contributed by atoms with Crippen LogP contribution in [0.15, 0.2) is 285 Å². The number of fused-ring (bicyclic) bond motifs is 18. The number of para-hydroxylation sites is 6. The summed E-state index contributed by atoms with van der Waals surface area (Å²) in [5.74, 6) is 3.57. The van der Waals surface area contributed by atoms with Gasteiger partial charge >= 0.3 is 0 Å². The van der Waals surface area contributed by atoms with Gasteiger partial charge in [-0.3, -0.25) is 0 Å². The Bertz CT molecular complexity index is 4270. The van der Waals surface area contributed by atoms with E-state index >= 15 is 0 Å². The molecule has 0 unspecified atom stereocenters. The maximum absolute atomic E-state index is 6.66. The van der Waals surface area contributed by atoms with Gasteiger partial charge in [0, 0.05) is 39.1 Å². The Balaban J connectivity index is 0.874. The van der Waals surface area contributed by atoms with Gasteiger partial charge in [-0.1, -0.05) is 231 Å². The van der Waals surface area contributed by atoms with Crippen LogP contribution in [0, 0.1) is 0 Å². The molecule has 2 heterocycles. The van der Waals surface area contributed by atoms with Gasteiger partial charge in [-0.05, 0) is 121 Å². The monoisotopic (exact) mass is 981 g/mol. The van der Waals surface area contributed by atoms with E-state index in [1.54, 1.807) is 0 Å². The molecule has 2 spiro atoms. The summed E-state index contributed by atoms with van der Waals surface area (Å²) >= 11 is 0. The van der Waals surface area contributed by atoms with Crippen molar-refractivity contribution < 1.29 is 9.47 Å². The average Bonchev–Trinajstić information content (AvgIpc) is 4.12. The minimum Gasteiger partial charge on any atom is -0.457 e. The van der Waals surface area contributed by atoms with Crippen molar-refractivity contribution in [3.63, 3.8) is 0 Å². The van der Waals surface area contributed by atoms with E-state index in [9.17, 15) is 0 Å². The molecule has 0 radical (unpaired) electrons. The summed E-state index contributed by atoms with van der Waals surface area (Å²) in [7, 11) is 0. The van der Waals surface area contributed by atoms with Gasteiger partial charge in [-0.15, -0.1) is 0 Å². The second-order valence-corrected chi connectivity index (χ2v) is 20.6. The van der Waals surface area contributed by atoms with Gasteiger partial charge in [0.1, 0.15) is 23.0 Å². The van der Waals surface area contributed by atoms with Gasteiger partial charge in [-0.2, -0.15) is 0 Å². The molecule has 4 aliphatic rings. The van der Waals surface area contributed by atoms with Crippen LogP contribution in [0.4, 0.5) is 17.1 Å². The maximum Gasteiger partial charge on any atom is 0.132 e. The van der Waals surface area contributed by atoms with Gasteiger partial charge in [-0.25, -0.2) is 0 Å².